The molecule has 1 saturated carbocycles. The number of benzene rings is 1. The number of nitrogens with one attached hydrogen (secondary N) is 2. The lowest BCUT2D eigenvalue weighted by Gasteiger charge is -2.23. The average Bonchev–Trinajstić information content (AvgIpc) is 3.34. The van der Waals surface area contributed by atoms with E-state index >= 15 is 0 Å². The number of halogens is 2. The largest absolute Gasteiger partial charge is 0.352 e. The van der Waals surface area contributed by atoms with Crippen LogP contribution < -0.4 is 10.6 Å². The van der Waals surface area contributed by atoms with E-state index in [1.54, 1.807) is 12.4 Å². The van der Waals surface area contributed by atoms with Crippen molar-refractivity contribution in [3.05, 3.63) is 54.4 Å². The molecule has 1 aliphatic carbocycles. The molecule has 2 heterocycles. The molecule has 1 aliphatic heterocycles. The Balaban J connectivity index is 0.00000121. The van der Waals surface area contributed by atoms with Gasteiger partial charge in [-0.25, -0.2) is 0 Å². The number of hydrogen-bond donors (Lipinski definition) is 2. The molecule has 0 bridgehead atoms. The van der Waals surface area contributed by atoms with E-state index in [0.717, 1.165) is 43.5 Å². The summed E-state index contributed by atoms with van der Waals surface area (Å²) in [6.07, 6.45) is 6.96. The van der Waals surface area contributed by atoms with Gasteiger partial charge in [-0.05, 0) is 66.6 Å². The summed E-state index contributed by atoms with van der Waals surface area (Å²) >= 11 is 0. The van der Waals surface area contributed by atoms with Crippen molar-refractivity contribution in [1.29, 1.82) is 0 Å². The summed E-state index contributed by atoms with van der Waals surface area (Å²) in [7, 11) is 0. The first-order chi connectivity index (χ1) is 11.8. The van der Waals surface area contributed by atoms with Crippen molar-refractivity contribution in [2.45, 2.75) is 25.8 Å². The van der Waals surface area contributed by atoms with Crippen LogP contribution in [0.4, 0.5) is 0 Å². The molecule has 2 aliphatic rings. The maximum absolute atomic E-state index is 12.4. The summed E-state index contributed by atoms with van der Waals surface area (Å²) in [5, 5.41) is 6.50. The molecule has 4 rings (SSSR count). The second-order valence-corrected chi connectivity index (χ2v) is 7.02. The van der Waals surface area contributed by atoms with Crippen LogP contribution in [0.3, 0.4) is 0 Å². The summed E-state index contributed by atoms with van der Waals surface area (Å²) in [4.78, 5) is 16.4. The Hall–Kier alpha value is -1.62. The Bertz CT molecular complexity index is 716. The Labute approximate surface area is 167 Å². The first kappa shape index (κ1) is 20.7. The Morgan fingerprint density at radius 2 is 1.65 bits per heavy atom. The SMILES string of the molecule is Cl.Cl.O=C(NCc1ccc(-c2ccncc2)cc1)C1CC12CCNCC2. The molecule has 1 atom stereocenters. The molecule has 6 heteroatoms. The van der Waals surface area contributed by atoms with E-state index in [0.29, 0.717) is 12.0 Å². The highest BCUT2D eigenvalue weighted by molar-refractivity contribution is 5.85. The molecule has 2 N–H and O–H groups in total. The average molecular weight is 394 g/mol. The van der Waals surface area contributed by atoms with Crippen molar-refractivity contribution in [2.75, 3.05) is 13.1 Å². The van der Waals surface area contributed by atoms with E-state index in [9.17, 15) is 4.79 Å². The maximum atomic E-state index is 12.4. The number of carbonyl (C=O) groups is 1. The minimum absolute atomic E-state index is 0. The monoisotopic (exact) mass is 393 g/mol. The van der Waals surface area contributed by atoms with Crippen LogP contribution >= 0.6 is 24.8 Å². The highest BCUT2D eigenvalue weighted by atomic mass is 35.5. The van der Waals surface area contributed by atoms with Crippen LogP contribution in [0.15, 0.2) is 48.8 Å². The standard InChI is InChI=1S/C20H23N3O.2ClH/c24-19(18-13-20(18)7-11-22-12-8-20)23-14-15-1-3-16(4-2-15)17-5-9-21-10-6-17;;/h1-6,9-10,18,22H,7-8,11-14H2,(H,23,24);2*1H. The quantitative estimate of drug-likeness (QED) is 0.833. The molecule has 140 valence electrons. The highest BCUT2D eigenvalue weighted by Gasteiger charge is 2.57. The smallest absolute Gasteiger partial charge is 0.223 e. The predicted molar refractivity (Wildman–Crippen MR) is 109 cm³/mol. The number of hydrogen-bond acceptors (Lipinski definition) is 3. The third kappa shape index (κ3) is 4.37. The fourth-order valence-corrected chi connectivity index (χ4v) is 3.87. The van der Waals surface area contributed by atoms with Gasteiger partial charge in [0, 0.05) is 24.9 Å². The number of amides is 1. The van der Waals surface area contributed by atoms with Gasteiger partial charge in [0.1, 0.15) is 0 Å². The van der Waals surface area contributed by atoms with E-state index in [1.165, 1.54) is 5.56 Å². The summed E-state index contributed by atoms with van der Waals surface area (Å²) in [5.41, 5.74) is 3.77. The van der Waals surface area contributed by atoms with Crippen LogP contribution in [0.5, 0.6) is 0 Å². The Kier molecular flexibility index (Phi) is 7.04. The van der Waals surface area contributed by atoms with Crippen molar-refractivity contribution in [3.8, 4) is 11.1 Å². The number of pyridine rings is 1. The number of rotatable bonds is 4. The van der Waals surface area contributed by atoms with Crippen molar-refractivity contribution >= 4 is 30.7 Å². The molecule has 4 nitrogen and oxygen atoms in total. The molecule has 1 aromatic heterocycles. The zero-order chi connectivity index (χ0) is 16.4. The van der Waals surface area contributed by atoms with Crippen LogP contribution in [-0.4, -0.2) is 24.0 Å². The van der Waals surface area contributed by atoms with Crippen LogP contribution in [0.1, 0.15) is 24.8 Å². The van der Waals surface area contributed by atoms with E-state index in [-0.39, 0.29) is 36.6 Å². The van der Waals surface area contributed by atoms with Gasteiger partial charge in [0.15, 0.2) is 0 Å². The van der Waals surface area contributed by atoms with Crippen molar-refractivity contribution < 1.29 is 4.79 Å². The molecular weight excluding hydrogens is 369 g/mol. The first-order valence-corrected chi connectivity index (χ1v) is 8.75. The van der Waals surface area contributed by atoms with Gasteiger partial charge in [0.25, 0.3) is 0 Å². The summed E-state index contributed by atoms with van der Waals surface area (Å²) < 4.78 is 0. The molecule has 2 fully saturated rings. The fraction of sp³-hybridized carbons (Fsp3) is 0.400. The van der Waals surface area contributed by atoms with E-state index in [1.807, 2.05) is 12.1 Å². The van der Waals surface area contributed by atoms with Crippen LogP contribution in [0.25, 0.3) is 11.1 Å². The zero-order valence-corrected chi connectivity index (χ0v) is 16.2. The van der Waals surface area contributed by atoms with Gasteiger partial charge in [0.05, 0.1) is 0 Å². The topological polar surface area (TPSA) is 54.0 Å². The normalized spacial score (nSPS) is 19.8. The molecule has 1 saturated heterocycles. The first-order valence-electron chi connectivity index (χ1n) is 8.75. The summed E-state index contributed by atoms with van der Waals surface area (Å²) in [6, 6.07) is 12.4. The van der Waals surface area contributed by atoms with Crippen molar-refractivity contribution in [2.24, 2.45) is 11.3 Å². The number of carbonyl (C=O) groups excluding carboxylic acids is 1. The second-order valence-electron chi connectivity index (χ2n) is 7.02. The van der Waals surface area contributed by atoms with Gasteiger partial charge in [-0.1, -0.05) is 24.3 Å². The lowest BCUT2D eigenvalue weighted by atomic mass is 9.92. The summed E-state index contributed by atoms with van der Waals surface area (Å²) in [5.74, 6) is 0.464. The van der Waals surface area contributed by atoms with E-state index in [2.05, 4.69) is 39.9 Å². The third-order valence-corrected chi connectivity index (χ3v) is 5.54. The van der Waals surface area contributed by atoms with Gasteiger partial charge >= 0.3 is 0 Å². The van der Waals surface area contributed by atoms with Gasteiger partial charge in [0.2, 0.25) is 5.91 Å². The third-order valence-electron chi connectivity index (χ3n) is 5.54. The molecule has 2 aromatic rings. The molecule has 1 unspecified atom stereocenters. The molecule has 1 spiro atoms. The van der Waals surface area contributed by atoms with Gasteiger partial charge < -0.3 is 10.6 Å². The van der Waals surface area contributed by atoms with E-state index < -0.39 is 0 Å². The summed E-state index contributed by atoms with van der Waals surface area (Å²) in [6.45, 7) is 2.72. The maximum Gasteiger partial charge on any atom is 0.223 e. The number of aromatic nitrogens is 1. The van der Waals surface area contributed by atoms with Crippen molar-refractivity contribution in [1.82, 2.24) is 15.6 Å². The van der Waals surface area contributed by atoms with Crippen LogP contribution in [0, 0.1) is 11.3 Å². The fourth-order valence-electron chi connectivity index (χ4n) is 3.87. The Morgan fingerprint density at radius 1 is 1.04 bits per heavy atom. The molecule has 26 heavy (non-hydrogen) atoms. The zero-order valence-electron chi connectivity index (χ0n) is 14.6. The molecular formula is C20H25Cl2N3O. The van der Waals surface area contributed by atoms with Gasteiger partial charge in [-0.2, -0.15) is 0 Å². The molecule has 1 amide bonds. The van der Waals surface area contributed by atoms with Crippen LogP contribution in [-0.2, 0) is 11.3 Å². The van der Waals surface area contributed by atoms with Gasteiger partial charge in [-0.15, -0.1) is 24.8 Å². The van der Waals surface area contributed by atoms with Gasteiger partial charge in [-0.3, -0.25) is 9.78 Å². The highest BCUT2D eigenvalue weighted by Crippen LogP contribution is 2.58. The minimum Gasteiger partial charge on any atom is -0.352 e. The lowest BCUT2D eigenvalue weighted by Crippen LogP contribution is -2.33. The molecule has 1 aromatic carbocycles. The second kappa shape index (κ2) is 8.85. The molecule has 0 radical (unpaired) electrons. The number of piperidine rings is 1. The van der Waals surface area contributed by atoms with Crippen molar-refractivity contribution in [3.63, 3.8) is 0 Å². The van der Waals surface area contributed by atoms with Crippen LogP contribution in [0.2, 0.25) is 0 Å². The predicted octanol–water partition coefficient (Wildman–Crippen LogP) is 3.60. The lowest BCUT2D eigenvalue weighted by molar-refractivity contribution is -0.123. The number of nitrogens with zero attached hydrogens (tertiary/aromatic N) is 1. The Morgan fingerprint density at radius 3 is 2.31 bits per heavy atom. The minimum atomic E-state index is 0. The van der Waals surface area contributed by atoms with E-state index in [4.69, 9.17) is 0 Å².